The highest BCUT2D eigenvalue weighted by molar-refractivity contribution is 8.01. The van der Waals surface area contributed by atoms with Gasteiger partial charge in [-0.1, -0.05) is 6.07 Å². The van der Waals surface area contributed by atoms with E-state index in [9.17, 15) is 23.7 Å². The fourth-order valence-electron chi connectivity index (χ4n) is 3.12. The topological polar surface area (TPSA) is 130 Å². The maximum absolute atomic E-state index is 12.7. The number of amides is 2. The van der Waals surface area contributed by atoms with Crippen molar-refractivity contribution >= 4 is 63.4 Å². The first-order valence-electron chi connectivity index (χ1n) is 8.95. The summed E-state index contributed by atoms with van der Waals surface area (Å²) in [6.45, 7) is 0. The molecule has 0 radical (unpaired) electrons. The Hall–Kier alpha value is -2.22. The molecule has 0 aliphatic carbocycles. The van der Waals surface area contributed by atoms with Gasteiger partial charge >= 0.3 is 5.97 Å². The number of carbonyl (C=O) groups excluding carboxylic acids is 2. The summed E-state index contributed by atoms with van der Waals surface area (Å²) in [6, 6.07) is 4.34. The number of carboxylic acid groups (broad SMARTS) is 1. The molecule has 2 amide bonds. The molecular formula is C18H16N4O5S4. The lowest BCUT2D eigenvalue weighted by Gasteiger charge is -2.49. The van der Waals surface area contributed by atoms with E-state index in [0.29, 0.717) is 26.3 Å². The standard InChI is InChI=1S/C18H16N4O5S4/c23-11(8-31(27)13-2-1-5-28-13)21-14-16(24)22-15(18(25)26)10(7-30-17(14)22)6-29-12-3-4-19-9-20-12/h1-5,9,14,17H,6-8H2,(H,21,23)(H,25,26)/t14?,17-,31?/m1/s1. The van der Waals surface area contributed by atoms with Crippen molar-refractivity contribution in [1.29, 1.82) is 0 Å². The summed E-state index contributed by atoms with van der Waals surface area (Å²) in [5.41, 5.74) is 0.581. The second-order valence-corrected chi connectivity index (χ2v) is 11.2. The van der Waals surface area contributed by atoms with E-state index in [2.05, 4.69) is 15.3 Å². The Labute approximate surface area is 192 Å². The lowest BCUT2D eigenvalue weighted by molar-refractivity contribution is -0.150. The molecule has 4 rings (SSSR count). The monoisotopic (exact) mass is 496 g/mol. The molecule has 2 aliphatic rings. The van der Waals surface area contributed by atoms with Gasteiger partial charge in [-0.2, -0.15) is 0 Å². The minimum absolute atomic E-state index is 0.0389. The Kier molecular flexibility index (Phi) is 6.74. The van der Waals surface area contributed by atoms with Gasteiger partial charge in [0.1, 0.15) is 29.2 Å². The van der Waals surface area contributed by atoms with Crippen LogP contribution in [0, 0.1) is 0 Å². The van der Waals surface area contributed by atoms with E-state index < -0.39 is 40.0 Å². The summed E-state index contributed by atoms with van der Waals surface area (Å²) in [6.07, 6.45) is 3.02. The molecule has 4 heterocycles. The van der Waals surface area contributed by atoms with Crippen LogP contribution in [-0.2, 0) is 25.2 Å². The maximum Gasteiger partial charge on any atom is 0.352 e. The van der Waals surface area contributed by atoms with Crippen LogP contribution in [0.2, 0.25) is 0 Å². The van der Waals surface area contributed by atoms with Gasteiger partial charge in [0.15, 0.2) is 0 Å². The van der Waals surface area contributed by atoms with Crippen LogP contribution in [0.15, 0.2) is 56.6 Å². The lowest BCUT2D eigenvalue weighted by atomic mass is 10.0. The highest BCUT2D eigenvalue weighted by Crippen LogP contribution is 2.41. The highest BCUT2D eigenvalue weighted by Gasteiger charge is 2.54. The summed E-state index contributed by atoms with van der Waals surface area (Å²) in [4.78, 5) is 46.0. The zero-order chi connectivity index (χ0) is 22.0. The molecule has 0 spiro atoms. The zero-order valence-electron chi connectivity index (χ0n) is 15.8. The Morgan fingerprint density at radius 1 is 1.39 bits per heavy atom. The summed E-state index contributed by atoms with van der Waals surface area (Å²) >= 11 is 4.06. The zero-order valence-corrected chi connectivity index (χ0v) is 19.1. The summed E-state index contributed by atoms with van der Waals surface area (Å²) in [5, 5.41) is 14.3. The smallest absolute Gasteiger partial charge is 0.352 e. The number of thioether (sulfide) groups is 2. The Balaban J connectivity index is 1.41. The van der Waals surface area contributed by atoms with Crippen LogP contribution in [0.25, 0.3) is 0 Å². The first-order valence-corrected chi connectivity index (χ1v) is 13.2. The summed E-state index contributed by atoms with van der Waals surface area (Å²) < 4.78 is 12.8. The molecule has 2 aromatic heterocycles. The molecule has 9 nitrogen and oxygen atoms in total. The van der Waals surface area contributed by atoms with Crippen LogP contribution >= 0.6 is 34.9 Å². The molecule has 2 unspecified atom stereocenters. The second-order valence-electron chi connectivity index (χ2n) is 6.47. The molecule has 0 aromatic carbocycles. The van der Waals surface area contributed by atoms with Crippen LogP contribution in [0.3, 0.4) is 0 Å². The average Bonchev–Trinajstić information content (AvgIpc) is 3.31. The van der Waals surface area contributed by atoms with E-state index >= 15 is 0 Å². The largest absolute Gasteiger partial charge is 0.477 e. The van der Waals surface area contributed by atoms with Gasteiger partial charge in [0.25, 0.3) is 5.91 Å². The number of nitrogens with one attached hydrogen (secondary N) is 1. The number of nitrogens with zero attached hydrogens (tertiary/aromatic N) is 3. The number of aromatic nitrogens is 2. The first kappa shape index (κ1) is 22.0. The molecule has 1 saturated heterocycles. The minimum atomic E-state index is -1.48. The second kappa shape index (κ2) is 9.51. The van der Waals surface area contributed by atoms with E-state index in [1.54, 1.807) is 29.8 Å². The van der Waals surface area contributed by atoms with Gasteiger partial charge in [-0.25, -0.2) is 14.8 Å². The highest BCUT2D eigenvalue weighted by atomic mass is 32.2. The SMILES string of the molecule is O=C(CS(=O)c1cccs1)NC1C(=O)N2C(C(=O)O)=C(CSc3ccncn3)CS[C@H]12. The maximum atomic E-state index is 12.7. The van der Waals surface area contributed by atoms with Gasteiger partial charge in [-0.15, -0.1) is 34.9 Å². The normalized spacial score (nSPS) is 21.3. The van der Waals surface area contributed by atoms with Crippen molar-refractivity contribution in [3.05, 3.63) is 47.4 Å². The summed E-state index contributed by atoms with van der Waals surface area (Å²) in [5.74, 6) is -1.61. The predicted molar refractivity (Wildman–Crippen MR) is 118 cm³/mol. The molecule has 0 bridgehead atoms. The third-order valence-electron chi connectivity index (χ3n) is 4.50. The van der Waals surface area contributed by atoms with Gasteiger partial charge in [0.05, 0.1) is 20.0 Å². The number of carboxylic acids is 1. The van der Waals surface area contributed by atoms with Crippen molar-refractivity contribution in [3.8, 4) is 0 Å². The number of fused-ring (bicyclic) bond motifs is 1. The molecule has 1 fully saturated rings. The van der Waals surface area contributed by atoms with E-state index in [4.69, 9.17) is 0 Å². The first-order chi connectivity index (χ1) is 15.0. The Bertz CT molecular complexity index is 1060. The minimum Gasteiger partial charge on any atom is -0.477 e. The van der Waals surface area contributed by atoms with E-state index in [1.807, 2.05) is 0 Å². The number of carbonyl (C=O) groups is 3. The fraction of sp³-hybridized carbons (Fsp3) is 0.278. The molecule has 162 valence electrons. The van der Waals surface area contributed by atoms with Gasteiger partial charge < -0.3 is 10.4 Å². The van der Waals surface area contributed by atoms with Crippen LogP contribution < -0.4 is 5.32 Å². The number of hydrogen-bond acceptors (Lipinski definition) is 9. The Morgan fingerprint density at radius 3 is 2.90 bits per heavy atom. The van der Waals surface area contributed by atoms with Crippen LogP contribution in [-0.4, -0.2) is 70.6 Å². The number of β-lactam (4-membered cyclic amide) rings is 1. The van der Waals surface area contributed by atoms with Gasteiger partial charge in [-0.05, 0) is 23.1 Å². The number of hydrogen-bond donors (Lipinski definition) is 2. The quantitative estimate of drug-likeness (QED) is 0.314. The van der Waals surface area contributed by atoms with Crippen molar-refractivity contribution in [3.63, 3.8) is 0 Å². The molecular weight excluding hydrogens is 480 g/mol. The number of aliphatic carboxylic acids is 1. The van der Waals surface area contributed by atoms with E-state index in [1.165, 1.54) is 46.1 Å². The van der Waals surface area contributed by atoms with Crippen molar-refractivity contribution in [2.45, 2.75) is 20.7 Å². The van der Waals surface area contributed by atoms with Crippen LogP contribution in [0.4, 0.5) is 0 Å². The molecule has 31 heavy (non-hydrogen) atoms. The third kappa shape index (κ3) is 4.68. The van der Waals surface area contributed by atoms with Crippen molar-refractivity contribution in [2.24, 2.45) is 0 Å². The average molecular weight is 497 g/mol. The Morgan fingerprint density at radius 2 is 2.23 bits per heavy atom. The fourth-order valence-corrected chi connectivity index (χ4v) is 7.35. The third-order valence-corrected chi connectivity index (χ3v) is 9.48. The lowest BCUT2D eigenvalue weighted by Crippen LogP contribution is -2.70. The molecule has 0 saturated carbocycles. The molecule has 3 atom stereocenters. The molecule has 2 aromatic rings. The van der Waals surface area contributed by atoms with Gasteiger partial charge in [0.2, 0.25) is 5.91 Å². The number of rotatable bonds is 8. The van der Waals surface area contributed by atoms with Gasteiger partial charge in [0, 0.05) is 17.7 Å². The van der Waals surface area contributed by atoms with Crippen molar-refractivity contribution in [2.75, 3.05) is 17.3 Å². The summed E-state index contributed by atoms with van der Waals surface area (Å²) in [7, 11) is -1.48. The molecule has 2 N–H and O–H groups in total. The molecule has 2 aliphatic heterocycles. The molecule has 13 heteroatoms. The predicted octanol–water partition coefficient (Wildman–Crippen LogP) is 1.18. The van der Waals surface area contributed by atoms with Crippen molar-refractivity contribution in [1.82, 2.24) is 20.2 Å². The van der Waals surface area contributed by atoms with Crippen LogP contribution in [0.1, 0.15) is 0 Å². The van der Waals surface area contributed by atoms with E-state index in [0.717, 1.165) is 0 Å². The number of thiophene rings is 1. The van der Waals surface area contributed by atoms with Crippen LogP contribution in [0.5, 0.6) is 0 Å². The van der Waals surface area contributed by atoms with E-state index in [-0.39, 0.29) is 11.4 Å². The van der Waals surface area contributed by atoms with Crippen molar-refractivity contribution < 1.29 is 23.7 Å². The van der Waals surface area contributed by atoms with Gasteiger partial charge in [-0.3, -0.25) is 18.7 Å².